The number of aromatic nitrogens is 3. The van der Waals surface area contributed by atoms with Gasteiger partial charge in [-0.15, -0.1) is 0 Å². The second-order valence-corrected chi connectivity index (χ2v) is 4.64. The number of anilines is 2. The summed E-state index contributed by atoms with van der Waals surface area (Å²) in [4.78, 5) is 8.74. The lowest BCUT2D eigenvalue weighted by Gasteiger charge is -2.08. The fourth-order valence-corrected chi connectivity index (χ4v) is 2.16. The normalized spacial score (nSPS) is 10.8. The molecule has 0 saturated carbocycles. The van der Waals surface area contributed by atoms with Crippen molar-refractivity contribution in [3.05, 3.63) is 35.8 Å². The molecule has 1 aromatic carbocycles. The van der Waals surface area contributed by atoms with E-state index in [9.17, 15) is 0 Å². The number of rotatable bonds is 4. The molecule has 0 unspecified atom stereocenters. The van der Waals surface area contributed by atoms with E-state index in [2.05, 4.69) is 20.4 Å². The first kappa shape index (κ1) is 13.4. The Morgan fingerprint density at radius 2 is 1.95 bits per heavy atom. The van der Waals surface area contributed by atoms with Gasteiger partial charge in [-0.2, -0.15) is 4.98 Å². The Labute approximate surface area is 122 Å². The monoisotopic (exact) mass is 284 g/mol. The van der Waals surface area contributed by atoms with Crippen LogP contribution in [0.2, 0.25) is 0 Å². The van der Waals surface area contributed by atoms with Gasteiger partial charge in [0.2, 0.25) is 0 Å². The van der Waals surface area contributed by atoms with E-state index >= 15 is 0 Å². The first-order chi connectivity index (χ1) is 10.2. The van der Waals surface area contributed by atoms with Gasteiger partial charge in [0.05, 0.1) is 12.8 Å². The van der Waals surface area contributed by atoms with Crippen LogP contribution in [-0.4, -0.2) is 22.2 Å². The smallest absolute Gasteiger partial charge is 0.263 e. The number of methoxy groups -OCH3 is 1. The summed E-state index contributed by atoms with van der Waals surface area (Å²) < 4.78 is 10.4. The van der Waals surface area contributed by atoms with Crippen molar-refractivity contribution in [1.82, 2.24) is 15.1 Å². The van der Waals surface area contributed by atoms with E-state index in [1.54, 1.807) is 7.11 Å². The van der Waals surface area contributed by atoms with Crippen LogP contribution in [-0.2, 0) is 6.42 Å². The molecule has 0 aliphatic rings. The molecule has 0 fully saturated rings. The molecule has 2 heterocycles. The summed E-state index contributed by atoms with van der Waals surface area (Å²) in [6, 6.07) is 7.65. The van der Waals surface area contributed by atoms with Crippen LogP contribution in [0, 0.1) is 6.92 Å². The maximum Gasteiger partial charge on any atom is 0.263 e. The average Bonchev–Trinajstić information content (AvgIpc) is 2.91. The Balaban J connectivity index is 2.03. The zero-order valence-electron chi connectivity index (χ0n) is 12.2. The molecule has 0 spiro atoms. The number of nitrogens with one attached hydrogen (secondary N) is 1. The number of nitrogens with zero attached hydrogens (tertiary/aromatic N) is 3. The van der Waals surface area contributed by atoms with Crippen LogP contribution >= 0.6 is 0 Å². The number of ether oxygens (including phenoxy) is 1. The van der Waals surface area contributed by atoms with Crippen molar-refractivity contribution in [1.29, 1.82) is 0 Å². The highest BCUT2D eigenvalue weighted by molar-refractivity contribution is 5.89. The third kappa shape index (κ3) is 2.52. The van der Waals surface area contributed by atoms with Gasteiger partial charge in [-0.3, -0.25) is 0 Å². The molecule has 1 N–H and O–H groups in total. The molecule has 0 bridgehead atoms. The first-order valence-corrected chi connectivity index (χ1v) is 6.75. The van der Waals surface area contributed by atoms with Crippen molar-refractivity contribution >= 4 is 22.6 Å². The van der Waals surface area contributed by atoms with E-state index in [1.165, 1.54) is 0 Å². The molecule has 0 aliphatic heterocycles. The molecular weight excluding hydrogens is 268 g/mol. The van der Waals surface area contributed by atoms with Crippen LogP contribution in [0.15, 0.2) is 28.8 Å². The van der Waals surface area contributed by atoms with Crippen molar-refractivity contribution in [2.24, 2.45) is 0 Å². The van der Waals surface area contributed by atoms with Crippen LogP contribution < -0.4 is 10.1 Å². The van der Waals surface area contributed by atoms with Crippen molar-refractivity contribution < 1.29 is 9.26 Å². The van der Waals surface area contributed by atoms with Gasteiger partial charge in [0.25, 0.3) is 5.71 Å². The lowest BCUT2D eigenvalue weighted by Crippen LogP contribution is -1.99. The third-order valence-electron chi connectivity index (χ3n) is 3.21. The molecule has 6 heteroatoms. The summed E-state index contributed by atoms with van der Waals surface area (Å²) in [5.41, 5.74) is 2.27. The molecule has 0 saturated heterocycles. The first-order valence-electron chi connectivity index (χ1n) is 6.75. The summed E-state index contributed by atoms with van der Waals surface area (Å²) in [6.45, 7) is 3.85. The molecular formula is C15H16N4O2. The molecule has 6 nitrogen and oxygen atoms in total. The fourth-order valence-electron chi connectivity index (χ4n) is 2.16. The van der Waals surface area contributed by atoms with E-state index < -0.39 is 0 Å². The number of fused-ring (bicyclic) bond motifs is 1. The fraction of sp³-hybridized carbons (Fsp3) is 0.267. The quantitative estimate of drug-likeness (QED) is 0.793. The highest BCUT2D eigenvalue weighted by atomic mass is 16.5. The van der Waals surface area contributed by atoms with Gasteiger partial charge >= 0.3 is 0 Å². The highest BCUT2D eigenvalue weighted by Crippen LogP contribution is 2.27. The maximum absolute atomic E-state index is 5.27. The van der Waals surface area contributed by atoms with E-state index in [-0.39, 0.29) is 0 Å². The van der Waals surface area contributed by atoms with Crippen LogP contribution in [0.25, 0.3) is 11.1 Å². The van der Waals surface area contributed by atoms with Crippen molar-refractivity contribution in [2.45, 2.75) is 20.3 Å². The SMILES string of the molecule is CCc1noc2nc(C)nc(Nc3ccc(OC)cc3)c12. The second kappa shape index (κ2) is 5.40. The van der Waals surface area contributed by atoms with Crippen molar-refractivity contribution in [3.8, 4) is 5.75 Å². The summed E-state index contributed by atoms with van der Waals surface area (Å²) in [5, 5.41) is 8.17. The van der Waals surface area contributed by atoms with Crippen LogP contribution in [0.3, 0.4) is 0 Å². The summed E-state index contributed by atoms with van der Waals surface area (Å²) in [7, 11) is 1.64. The Kier molecular flexibility index (Phi) is 3.43. The Morgan fingerprint density at radius 3 is 2.62 bits per heavy atom. The number of aryl methyl sites for hydroxylation is 2. The Morgan fingerprint density at radius 1 is 1.19 bits per heavy atom. The van der Waals surface area contributed by atoms with E-state index in [0.29, 0.717) is 17.4 Å². The van der Waals surface area contributed by atoms with Gasteiger partial charge in [-0.25, -0.2) is 4.98 Å². The van der Waals surface area contributed by atoms with E-state index in [0.717, 1.165) is 28.9 Å². The third-order valence-corrected chi connectivity index (χ3v) is 3.21. The maximum atomic E-state index is 5.27. The lowest BCUT2D eigenvalue weighted by molar-refractivity contribution is 0.415. The second-order valence-electron chi connectivity index (χ2n) is 4.64. The molecule has 3 aromatic rings. The van der Waals surface area contributed by atoms with Crippen LogP contribution in [0.5, 0.6) is 5.75 Å². The number of hydrogen-bond donors (Lipinski definition) is 1. The molecule has 0 radical (unpaired) electrons. The Hall–Kier alpha value is -2.63. The van der Waals surface area contributed by atoms with Gasteiger partial charge in [0.1, 0.15) is 22.8 Å². The minimum absolute atomic E-state index is 0.510. The predicted octanol–water partition coefficient (Wildman–Crippen LogP) is 3.24. The Bertz CT molecular complexity index is 765. The minimum atomic E-state index is 0.510. The van der Waals surface area contributed by atoms with Crippen molar-refractivity contribution in [3.63, 3.8) is 0 Å². The van der Waals surface area contributed by atoms with Gasteiger partial charge in [-0.1, -0.05) is 12.1 Å². The molecule has 3 rings (SSSR count). The molecule has 0 atom stereocenters. The van der Waals surface area contributed by atoms with Crippen molar-refractivity contribution in [2.75, 3.05) is 12.4 Å². The van der Waals surface area contributed by atoms with E-state index in [4.69, 9.17) is 9.26 Å². The van der Waals surface area contributed by atoms with E-state index in [1.807, 2.05) is 38.1 Å². The molecule has 108 valence electrons. The minimum Gasteiger partial charge on any atom is -0.497 e. The van der Waals surface area contributed by atoms with Crippen LogP contribution in [0.1, 0.15) is 18.4 Å². The molecule has 0 aliphatic carbocycles. The van der Waals surface area contributed by atoms with Gasteiger partial charge in [-0.05, 0) is 37.6 Å². The zero-order chi connectivity index (χ0) is 14.8. The molecule has 21 heavy (non-hydrogen) atoms. The average molecular weight is 284 g/mol. The van der Waals surface area contributed by atoms with Crippen LogP contribution in [0.4, 0.5) is 11.5 Å². The molecule has 0 amide bonds. The highest BCUT2D eigenvalue weighted by Gasteiger charge is 2.15. The predicted molar refractivity (Wildman–Crippen MR) is 80.0 cm³/mol. The standard InChI is InChI=1S/C15H16N4O2/c1-4-12-13-14(16-9(2)17-15(13)21-19-12)18-10-5-7-11(20-3)8-6-10/h5-8H,4H2,1-3H3,(H,16,17,18). The number of hydrogen-bond acceptors (Lipinski definition) is 6. The topological polar surface area (TPSA) is 73.1 Å². The zero-order valence-corrected chi connectivity index (χ0v) is 12.2. The summed E-state index contributed by atoms with van der Waals surface area (Å²) >= 11 is 0. The summed E-state index contributed by atoms with van der Waals surface area (Å²) in [5.74, 6) is 2.15. The lowest BCUT2D eigenvalue weighted by atomic mass is 10.2. The summed E-state index contributed by atoms with van der Waals surface area (Å²) in [6.07, 6.45) is 0.761. The number of benzene rings is 1. The largest absolute Gasteiger partial charge is 0.497 e. The molecule has 2 aromatic heterocycles. The van der Waals surface area contributed by atoms with Gasteiger partial charge in [0, 0.05) is 5.69 Å². The van der Waals surface area contributed by atoms with Gasteiger partial charge < -0.3 is 14.6 Å². The van der Waals surface area contributed by atoms with Gasteiger partial charge in [0.15, 0.2) is 0 Å².